The van der Waals surface area contributed by atoms with Crippen LogP contribution in [0.25, 0.3) is 0 Å². The van der Waals surface area contributed by atoms with Crippen molar-refractivity contribution < 1.29 is 17.7 Å². The summed E-state index contributed by atoms with van der Waals surface area (Å²) in [5.74, 6) is 0.0711. The molecule has 3 heterocycles. The number of hydrogen-bond acceptors (Lipinski definition) is 6. The first kappa shape index (κ1) is 17.8. The molecule has 0 bridgehead atoms. The Morgan fingerprint density at radius 3 is 2.40 bits per heavy atom. The molecule has 0 radical (unpaired) electrons. The van der Waals surface area contributed by atoms with Crippen molar-refractivity contribution in [3.05, 3.63) is 40.5 Å². The van der Waals surface area contributed by atoms with E-state index in [2.05, 4.69) is 10.1 Å². The number of amides is 1. The molecule has 2 aromatic rings. The van der Waals surface area contributed by atoms with Gasteiger partial charge in [-0.3, -0.25) is 4.79 Å². The lowest BCUT2D eigenvalue weighted by Gasteiger charge is -2.33. The van der Waals surface area contributed by atoms with Gasteiger partial charge in [0.05, 0.1) is 5.56 Å². The number of pyridine rings is 1. The molecule has 1 aliphatic rings. The van der Waals surface area contributed by atoms with E-state index in [1.165, 1.54) is 10.5 Å². The third-order valence-corrected chi connectivity index (χ3v) is 6.43. The number of carbonyl (C=O) groups is 1. The zero-order chi connectivity index (χ0) is 18.2. The fourth-order valence-corrected chi connectivity index (χ4v) is 4.61. The van der Waals surface area contributed by atoms with Crippen LogP contribution < -0.4 is 0 Å². The molecular formula is C15H17ClN4O4S. The van der Waals surface area contributed by atoms with Crippen molar-refractivity contribution in [1.82, 2.24) is 19.3 Å². The van der Waals surface area contributed by atoms with Crippen LogP contribution in [0.3, 0.4) is 0 Å². The highest BCUT2D eigenvalue weighted by molar-refractivity contribution is 7.89. The molecule has 25 heavy (non-hydrogen) atoms. The van der Waals surface area contributed by atoms with Crippen LogP contribution in [0.1, 0.15) is 21.8 Å². The van der Waals surface area contributed by atoms with Gasteiger partial charge in [-0.25, -0.2) is 13.4 Å². The summed E-state index contributed by atoms with van der Waals surface area (Å²) in [7, 11) is -3.69. The summed E-state index contributed by atoms with van der Waals surface area (Å²) in [6.45, 7) is 4.17. The molecule has 0 spiro atoms. The molecule has 1 saturated heterocycles. The summed E-state index contributed by atoms with van der Waals surface area (Å²) in [5.41, 5.74) is 0.759. The van der Waals surface area contributed by atoms with Gasteiger partial charge in [0, 0.05) is 32.4 Å². The highest BCUT2D eigenvalue weighted by Crippen LogP contribution is 2.24. The third kappa shape index (κ3) is 3.39. The summed E-state index contributed by atoms with van der Waals surface area (Å²) in [5, 5.41) is 4.02. The molecule has 134 valence electrons. The van der Waals surface area contributed by atoms with Crippen molar-refractivity contribution in [1.29, 1.82) is 0 Å². The standard InChI is InChI=1S/C15H17ClN4O4S/c1-10-14(11(2)24-18-10)25(22,23)20-7-5-19(6-8-20)15(21)12-3-4-13(16)17-9-12/h3-4,9H,5-8H2,1-2H3. The molecule has 0 saturated carbocycles. The molecular weight excluding hydrogens is 368 g/mol. The van der Waals surface area contributed by atoms with Gasteiger partial charge in [-0.2, -0.15) is 4.31 Å². The Morgan fingerprint density at radius 2 is 1.88 bits per heavy atom. The van der Waals surface area contributed by atoms with Crippen molar-refractivity contribution in [2.24, 2.45) is 0 Å². The fourth-order valence-electron chi connectivity index (χ4n) is 2.79. The number of hydrogen-bond donors (Lipinski definition) is 0. The van der Waals surface area contributed by atoms with Crippen LogP contribution in [0.4, 0.5) is 0 Å². The summed E-state index contributed by atoms with van der Waals surface area (Å²) in [6.07, 6.45) is 1.41. The maximum atomic E-state index is 12.8. The minimum absolute atomic E-state index is 0.106. The monoisotopic (exact) mass is 384 g/mol. The smallest absolute Gasteiger partial charge is 0.255 e. The zero-order valence-corrected chi connectivity index (χ0v) is 15.3. The number of rotatable bonds is 3. The van der Waals surface area contributed by atoms with Crippen LogP contribution in [0, 0.1) is 13.8 Å². The van der Waals surface area contributed by atoms with Gasteiger partial charge in [0.15, 0.2) is 5.76 Å². The molecule has 1 fully saturated rings. The van der Waals surface area contributed by atoms with E-state index >= 15 is 0 Å². The summed E-state index contributed by atoms with van der Waals surface area (Å²) in [6, 6.07) is 3.15. The lowest BCUT2D eigenvalue weighted by Crippen LogP contribution is -2.50. The molecule has 2 aromatic heterocycles. The first-order valence-corrected chi connectivity index (χ1v) is 9.46. The lowest BCUT2D eigenvalue weighted by atomic mass is 10.2. The number of carbonyl (C=O) groups excluding carboxylic acids is 1. The lowest BCUT2D eigenvalue weighted by molar-refractivity contribution is 0.0697. The normalized spacial score (nSPS) is 16.2. The van der Waals surface area contributed by atoms with Crippen molar-refractivity contribution in [3.63, 3.8) is 0 Å². The van der Waals surface area contributed by atoms with Gasteiger partial charge < -0.3 is 9.42 Å². The predicted molar refractivity (Wildman–Crippen MR) is 89.9 cm³/mol. The van der Waals surface area contributed by atoms with E-state index in [-0.39, 0.29) is 29.7 Å². The second-order valence-electron chi connectivity index (χ2n) is 5.72. The molecule has 3 rings (SSSR count). The minimum Gasteiger partial charge on any atom is -0.360 e. The summed E-state index contributed by atoms with van der Waals surface area (Å²) < 4.78 is 31.9. The Bertz CT molecular complexity index is 867. The molecule has 8 nitrogen and oxygen atoms in total. The van der Waals surface area contributed by atoms with E-state index < -0.39 is 10.0 Å². The van der Waals surface area contributed by atoms with Crippen LogP contribution >= 0.6 is 11.6 Å². The van der Waals surface area contributed by atoms with Crippen LogP contribution in [0.5, 0.6) is 0 Å². The van der Waals surface area contributed by atoms with E-state index in [0.717, 1.165) is 0 Å². The topological polar surface area (TPSA) is 96.6 Å². The molecule has 0 aromatic carbocycles. The predicted octanol–water partition coefficient (Wildman–Crippen LogP) is 1.49. The molecule has 0 aliphatic carbocycles. The van der Waals surface area contributed by atoms with Gasteiger partial charge in [0.1, 0.15) is 15.7 Å². The molecule has 1 aliphatic heterocycles. The van der Waals surface area contributed by atoms with E-state index in [1.54, 1.807) is 30.9 Å². The van der Waals surface area contributed by atoms with Crippen molar-refractivity contribution >= 4 is 27.5 Å². The highest BCUT2D eigenvalue weighted by atomic mass is 35.5. The Hall–Kier alpha value is -1.97. The van der Waals surface area contributed by atoms with Gasteiger partial charge in [0.25, 0.3) is 5.91 Å². The molecule has 0 N–H and O–H groups in total. The van der Waals surface area contributed by atoms with Crippen LogP contribution in [0.2, 0.25) is 5.15 Å². The molecule has 1 amide bonds. The van der Waals surface area contributed by atoms with E-state index in [9.17, 15) is 13.2 Å². The number of nitrogens with zero attached hydrogens (tertiary/aromatic N) is 4. The average molecular weight is 385 g/mol. The molecule has 10 heteroatoms. The third-order valence-electron chi connectivity index (χ3n) is 4.07. The largest absolute Gasteiger partial charge is 0.360 e. The SMILES string of the molecule is Cc1noc(C)c1S(=O)(=O)N1CCN(C(=O)c2ccc(Cl)nc2)CC1. The maximum absolute atomic E-state index is 12.8. The van der Waals surface area contributed by atoms with Crippen LogP contribution in [-0.4, -0.2) is 59.8 Å². The van der Waals surface area contributed by atoms with Crippen LogP contribution in [0.15, 0.2) is 27.7 Å². The van der Waals surface area contributed by atoms with Gasteiger partial charge in [0.2, 0.25) is 10.0 Å². The number of aromatic nitrogens is 2. The molecule has 0 atom stereocenters. The minimum atomic E-state index is -3.69. The molecule has 0 unspecified atom stereocenters. The fraction of sp³-hybridized carbons (Fsp3) is 0.400. The number of piperazine rings is 1. The Labute approximate surface area is 150 Å². The number of halogens is 1. The highest BCUT2D eigenvalue weighted by Gasteiger charge is 2.34. The van der Waals surface area contributed by atoms with E-state index in [1.807, 2.05) is 0 Å². The Kier molecular flexibility index (Phi) is 4.81. The van der Waals surface area contributed by atoms with Gasteiger partial charge >= 0.3 is 0 Å². The van der Waals surface area contributed by atoms with E-state index in [4.69, 9.17) is 16.1 Å². The van der Waals surface area contributed by atoms with Crippen molar-refractivity contribution in [2.75, 3.05) is 26.2 Å². The summed E-state index contributed by atoms with van der Waals surface area (Å²) >= 11 is 5.72. The van der Waals surface area contributed by atoms with Gasteiger partial charge in [-0.15, -0.1) is 0 Å². The van der Waals surface area contributed by atoms with Gasteiger partial charge in [-0.1, -0.05) is 16.8 Å². The quantitative estimate of drug-likeness (QED) is 0.744. The Morgan fingerprint density at radius 1 is 1.20 bits per heavy atom. The van der Waals surface area contributed by atoms with Crippen molar-refractivity contribution in [2.45, 2.75) is 18.7 Å². The number of sulfonamides is 1. The first-order chi connectivity index (χ1) is 11.8. The maximum Gasteiger partial charge on any atom is 0.255 e. The first-order valence-electron chi connectivity index (χ1n) is 7.64. The van der Waals surface area contributed by atoms with Crippen LogP contribution in [-0.2, 0) is 10.0 Å². The summed E-state index contributed by atoms with van der Waals surface area (Å²) in [4.78, 5) is 18.1. The second-order valence-corrected chi connectivity index (χ2v) is 7.98. The Balaban J connectivity index is 1.71. The number of aryl methyl sites for hydroxylation is 2. The van der Waals surface area contributed by atoms with Crippen molar-refractivity contribution in [3.8, 4) is 0 Å². The zero-order valence-electron chi connectivity index (χ0n) is 13.8. The van der Waals surface area contributed by atoms with Gasteiger partial charge in [-0.05, 0) is 26.0 Å². The average Bonchev–Trinajstić information content (AvgIpc) is 2.94. The van der Waals surface area contributed by atoms with E-state index in [0.29, 0.717) is 29.5 Å². The second kappa shape index (κ2) is 6.74.